The topological polar surface area (TPSA) is 46.6 Å². The van der Waals surface area contributed by atoms with Crippen molar-refractivity contribution in [2.24, 2.45) is 0 Å². The highest BCUT2D eigenvalue weighted by Gasteiger charge is 2.25. The van der Waals surface area contributed by atoms with Gasteiger partial charge in [0.25, 0.3) is 0 Å². The normalized spacial score (nSPS) is 25.5. The summed E-state index contributed by atoms with van der Waals surface area (Å²) in [6.45, 7) is 3.77. The van der Waals surface area contributed by atoms with E-state index in [4.69, 9.17) is 4.84 Å². The first kappa shape index (κ1) is 9.19. The van der Waals surface area contributed by atoms with Crippen molar-refractivity contribution < 1.29 is 14.4 Å². The van der Waals surface area contributed by atoms with Gasteiger partial charge >= 0.3 is 5.97 Å². The molecule has 1 fully saturated rings. The van der Waals surface area contributed by atoms with Gasteiger partial charge in [-0.05, 0) is 6.92 Å². The number of hydroxylamine groups is 2. The molecule has 1 aliphatic rings. The van der Waals surface area contributed by atoms with Crippen molar-refractivity contribution in [3.63, 3.8) is 0 Å². The summed E-state index contributed by atoms with van der Waals surface area (Å²) in [7, 11) is 0. The molecule has 0 amide bonds. The highest BCUT2D eigenvalue weighted by atomic mass is 16.7. The van der Waals surface area contributed by atoms with Gasteiger partial charge in [0, 0.05) is 26.3 Å². The van der Waals surface area contributed by atoms with Crippen LogP contribution in [0.4, 0.5) is 0 Å². The Labute approximate surface area is 71.4 Å². The molecule has 0 N–H and O–H groups in total. The third-order valence-corrected chi connectivity index (χ3v) is 1.87. The number of Topliss-reactive ketones (excluding diaryl/α,β-unsaturated/α-hetero) is 1. The Morgan fingerprint density at radius 1 is 1.67 bits per heavy atom. The highest BCUT2D eigenvalue weighted by Crippen LogP contribution is 2.13. The summed E-state index contributed by atoms with van der Waals surface area (Å²) in [5.74, 6) is -0.0814. The third kappa shape index (κ3) is 2.30. The van der Waals surface area contributed by atoms with Crippen LogP contribution in [0.3, 0.4) is 0 Å². The van der Waals surface area contributed by atoms with E-state index in [9.17, 15) is 9.59 Å². The van der Waals surface area contributed by atoms with Crippen LogP contribution in [0.2, 0.25) is 0 Å². The lowest BCUT2D eigenvalue weighted by molar-refractivity contribution is -0.203. The minimum Gasteiger partial charge on any atom is -0.368 e. The largest absolute Gasteiger partial charge is 0.368 e. The summed E-state index contributed by atoms with van der Waals surface area (Å²) in [6, 6.07) is 0.0233. The van der Waals surface area contributed by atoms with Crippen molar-refractivity contribution >= 4 is 11.8 Å². The van der Waals surface area contributed by atoms with Crippen molar-refractivity contribution in [2.45, 2.75) is 32.7 Å². The SMILES string of the molecule is CC(=O)ON1CCC(=O)C[C@@H]1C. The van der Waals surface area contributed by atoms with Crippen molar-refractivity contribution in [3.8, 4) is 0 Å². The Morgan fingerprint density at radius 2 is 2.33 bits per heavy atom. The Kier molecular flexibility index (Phi) is 2.81. The van der Waals surface area contributed by atoms with E-state index in [1.165, 1.54) is 6.92 Å². The van der Waals surface area contributed by atoms with Crippen LogP contribution < -0.4 is 0 Å². The second-order valence-corrected chi connectivity index (χ2v) is 3.07. The molecule has 0 saturated carbocycles. The molecule has 1 aliphatic heterocycles. The van der Waals surface area contributed by atoms with Gasteiger partial charge in [-0.1, -0.05) is 0 Å². The number of piperidine rings is 1. The van der Waals surface area contributed by atoms with E-state index in [1.807, 2.05) is 6.92 Å². The fourth-order valence-electron chi connectivity index (χ4n) is 1.29. The first-order chi connectivity index (χ1) is 5.59. The Balaban J connectivity index is 2.45. The number of nitrogens with zero attached hydrogens (tertiary/aromatic N) is 1. The van der Waals surface area contributed by atoms with Crippen LogP contribution >= 0.6 is 0 Å². The number of ketones is 1. The molecule has 4 heteroatoms. The standard InChI is InChI=1S/C8H13NO3/c1-6-5-8(11)3-4-9(6)12-7(2)10/h6H,3-5H2,1-2H3/t6-/m0/s1. The van der Waals surface area contributed by atoms with Gasteiger partial charge in [-0.15, -0.1) is 5.06 Å². The molecule has 0 spiro atoms. The molecule has 12 heavy (non-hydrogen) atoms. The maximum absolute atomic E-state index is 10.9. The van der Waals surface area contributed by atoms with E-state index in [-0.39, 0.29) is 17.8 Å². The van der Waals surface area contributed by atoms with E-state index in [2.05, 4.69) is 0 Å². The molecule has 1 heterocycles. The average Bonchev–Trinajstić information content (AvgIpc) is 1.94. The van der Waals surface area contributed by atoms with Crippen LogP contribution in [-0.4, -0.2) is 29.4 Å². The molecule has 1 rings (SSSR count). The monoisotopic (exact) mass is 171 g/mol. The number of hydrogen-bond acceptors (Lipinski definition) is 4. The molecule has 0 aliphatic carbocycles. The van der Waals surface area contributed by atoms with Crippen LogP contribution in [0.1, 0.15) is 26.7 Å². The minimum atomic E-state index is -0.323. The van der Waals surface area contributed by atoms with Crippen LogP contribution in [0.25, 0.3) is 0 Å². The molecule has 4 nitrogen and oxygen atoms in total. The van der Waals surface area contributed by atoms with Gasteiger partial charge in [0.05, 0.1) is 6.04 Å². The van der Waals surface area contributed by atoms with Crippen LogP contribution in [0, 0.1) is 0 Å². The molecule has 0 radical (unpaired) electrons. The van der Waals surface area contributed by atoms with Crippen LogP contribution in [0.15, 0.2) is 0 Å². The van der Waals surface area contributed by atoms with Gasteiger partial charge in [0.15, 0.2) is 0 Å². The van der Waals surface area contributed by atoms with E-state index in [0.29, 0.717) is 19.4 Å². The predicted octanol–water partition coefficient (Wildman–Crippen LogP) is 0.518. The lowest BCUT2D eigenvalue weighted by atomic mass is 10.1. The first-order valence-corrected chi connectivity index (χ1v) is 4.06. The second kappa shape index (κ2) is 3.67. The zero-order chi connectivity index (χ0) is 9.14. The Morgan fingerprint density at radius 3 is 2.83 bits per heavy atom. The summed E-state index contributed by atoms with van der Waals surface area (Å²) in [4.78, 5) is 26.4. The summed E-state index contributed by atoms with van der Waals surface area (Å²) >= 11 is 0. The molecule has 1 saturated heterocycles. The van der Waals surface area contributed by atoms with Gasteiger partial charge in [0.1, 0.15) is 5.78 Å². The quantitative estimate of drug-likeness (QED) is 0.577. The average molecular weight is 171 g/mol. The lowest BCUT2D eigenvalue weighted by Gasteiger charge is -2.29. The van der Waals surface area contributed by atoms with E-state index in [1.54, 1.807) is 5.06 Å². The summed E-state index contributed by atoms with van der Waals surface area (Å²) in [5, 5.41) is 1.57. The van der Waals surface area contributed by atoms with Gasteiger partial charge in [0.2, 0.25) is 0 Å². The summed E-state index contributed by atoms with van der Waals surface area (Å²) in [5.41, 5.74) is 0. The van der Waals surface area contributed by atoms with Crippen molar-refractivity contribution in [3.05, 3.63) is 0 Å². The Bertz CT molecular complexity index is 202. The fraction of sp³-hybridized carbons (Fsp3) is 0.750. The highest BCUT2D eigenvalue weighted by molar-refractivity contribution is 5.80. The van der Waals surface area contributed by atoms with Crippen LogP contribution in [-0.2, 0) is 14.4 Å². The maximum atomic E-state index is 10.9. The molecule has 68 valence electrons. The third-order valence-electron chi connectivity index (χ3n) is 1.87. The van der Waals surface area contributed by atoms with E-state index < -0.39 is 0 Å². The molecule has 0 aromatic rings. The zero-order valence-electron chi connectivity index (χ0n) is 7.37. The van der Waals surface area contributed by atoms with Crippen molar-refractivity contribution in [2.75, 3.05) is 6.54 Å². The minimum absolute atomic E-state index is 0.0233. The smallest absolute Gasteiger partial charge is 0.322 e. The maximum Gasteiger partial charge on any atom is 0.322 e. The number of carbonyl (C=O) groups is 2. The molecule has 0 bridgehead atoms. The predicted molar refractivity (Wildman–Crippen MR) is 42.2 cm³/mol. The number of rotatable bonds is 1. The first-order valence-electron chi connectivity index (χ1n) is 4.06. The van der Waals surface area contributed by atoms with E-state index >= 15 is 0 Å². The van der Waals surface area contributed by atoms with Crippen LogP contribution in [0.5, 0.6) is 0 Å². The molecular weight excluding hydrogens is 158 g/mol. The number of carbonyl (C=O) groups excluding carboxylic acids is 2. The Hall–Kier alpha value is -0.900. The fourth-order valence-corrected chi connectivity index (χ4v) is 1.29. The second-order valence-electron chi connectivity index (χ2n) is 3.07. The molecule has 0 unspecified atom stereocenters. The van der Waals surface area contributed by atoms with Gasteiger partial charge in [-0.25, -0.2) is 0 Å². The molecule has 0 aromatic carbocycles. The summed E-state index contributed by atoms with van der Waals surface area (Å²) in [6.07, 6.45) is 0.963. The summed E-state index contributed by atoms with van der Waals surface area (Å²) < 4.78 is 0. The molecule has 1 atom stereocenters. The lowest BCUT2D eigenvalue weighted by Crippen LogP contribution is -2.41. The van der Waals surface area contributed by atoms with E-state index in [0.717, 1.165) is 0 Å². The van der Waals surface area contributed by atoms with Gasteiger partial charge < -0.3 is 4.84 Å². The molecular formula is C8H13NO3. The van der Waals surface area contributed by atoms with Crippen molar-refractivity contribution in [1.82, 2.24) is 5.06 Å². The van der Waals surface area contributed by atoms with Gasteiger partial charge in [-0.3, -0.25) is 9.59 Å². The van der Waals surface area contributed by atoms with Gasteiger partial charge in [-0.2, -0.15) is 0 Å². The zero-order valence-corrected chi connectivity index (χ0v) is 7.37. The number of hydrogen-bond donors (Lipinski definition) is 0. The molecule has 0 aromatic heterocycles. The van der Waals surface area contributed by atoms with Crippen molar-refractivity contribution in [1.29, 1.82) is 0 Å².